The van der Waals surface area contributed by atoms with E-state index in [0.717, 1.165) is 17.4 Å². The molecule has 1 aromatic heterocycles. The van der Waals surface area contributed by atoms with E-state index >= 15 is 0 Å². The molecule has 1 heterocycles. The highest BCUT2D eigenvalue weighted by atomic mass is 32.1. The van der Waals surface area contributed by atoms with E-state index in [9.17, 15) is 13.2 Å². The van der Waals surface area contributed by atoms with Gasteiger partial charge in [-0.15, -0.1) is 0 Å². The van der Waals surface area contributed by atoms with Crippen molar-refractivity contribution in [2.24, 2.45) is 0 Å². The summed E-state index contributed by atoms with van der Waals surface area (Å²) in [5.74, 6) is 0.431. The van der Waals surface area contributed by atoms with Crippen LogP contribution in [0.5, 0.6) is 5.75 Å². The van der Waals surface area contributed by atoms with Crippen molar-refractivity contribution in [1.29, 1.82) is 0 Å². The van der Waals surface area contributed by atoms with Gasteiger partial charge in [0.2, 0.25) is 0 Å². The Balaban J connectivity index is 1.90. The first kappa shape index (κ1) is 18.0. The molecule has 0 aliphatic heterocycles. The zero-order chi connectivity index (χ0) is 17.6. The van der Waals surface area contributed by atoms with Gasteiger partial charge >= 0.3 is 6.18 Å². The summed E-state index contributed by atoms with van der Waals surface area (Å²) >= 11 is 5.03. The zero-order valence-electron chi connectivity index (χ0n) is 12.9. The summed E-state index contributed by atoms with van der Waals surface area (Å²) in [6.45, 7) is 0.465. The molecule has 2 aromatic rings. The Kier molecular flexibility index (Phi) is 5.97. The van der Waals surface area contributed by atoms with E-state index in [2.05, 4.69) is 15.6 Å². The Labute approximate surface area is 143 Å². The number of rotatable bonds is 5. The lowest BCUT2D eigenvalue weighted by Crippen LogP contribution is -2.31. The maximum Gasteiger partial charge on any atom is 0.419 e. The van der Waals surface area contributed by atoms with Gasteiger partial charge in [-0.05, 0) is 48.5 Å². The van der Waals surface area contributed by atoms with Gasteiger partial charge in [0.1, 0.15) is 11.6 Å². The number of ether oxygens (including phenoxy) is 1. The molecule has 128 valence electrons. The number of pyridine rings is 1. The summed E-state index contributed by atoms with van der Waals surface area (Å²) in [6, 6.07) is 9.71. The molecule has 2 N–H and O–H groups in total. The molecule has 0 bridgehead atoms. The summed E-state index contributed by atoms with van der Waals surface area (Å²) in [6.07, 6.45) is -2.57. The standard InChI is InChI=1S/C16H16F3N3OS/c1-23-12-5-2-4-11(10-12)7-9-21-15(24)22-14-13(16(17,18)19)6-3-8-20-14/h2-6,8,10H,7,9H2,1H3,(H2,20,21,22,24). The van der Waals surface area contributed by atoms with Gasteiger partial charge in [0, 0.05) is 12.7 Å². The number of methoxy groups -OCH3 is 1. The number of hydrogen-bond donors (Lipinski definition) is 2. The summed E-state index contributed by atoms with van der Waals surface area (Å²) in [7, 11) is 1.58. The molecule has 0 spiro atoms. The number of nitrogens with zero attached hydrogens (tertiary/aromatic N) is 1. The van der Waals surface area contributed by atoms with E-state index in [4.69, 9.17) is 17.0 Å². The lowest BCUT2D eigenvalue weighted by Gasteiger charge is -2.14. The number of alkyl halides is 3. The van der Waals surface area contributed by atoms with Crippen molar-refractivity contribution in [2.75, 3.05) is 19.0 Å². The molecule has 2 rings (SSSR count). The van der Waals surface area contributed by atoms with Crippen LogP contribution in [0.1, 0.15) is 11.1 Å². The Morgan fingerprint density at radius 3 is 2.75 bits per heavy atom. The summed E-state index contributed by atoms with van der Waals surface area (Å²) in [5.41, 5.74) is 0.167. The summed E-state index contributed by atoms with van der Waals surface area (Å²) in [4.78, 5) is 3.70. The lowest BCUT2D eigenvalue weighted by atomic mass is 10.1. The van der Waals surface area contributed by atoms with Crippen molar-refractivity contribution in [2.45, 2.75) is 12.6 Å². The van der Waals surface area contributed by atoms with E-state index in [1.165, 1.54) is 12.3 Å². The van der Waals surface area contributed by atoms with E-state index < -0.39 is 11.7 Å². The van der Waals surface area contributed by atoms with Crippen molar-refractivity contribution < 1.29 is 17.9 Å². The van der Waals surface area contributed by atoms with Crippen molar-refractivity contribution in [1.82, 2.24) is 10.3 Å². The van der Waals surface area contributed by atoms with Crippen molar-refractivity contribution in [3.63, 3.8) is 0 Å². The molecule has 1 aromatic carbocycles. The molecular weight excluding hydrogens is 339 g/mol. The fraction of sp³-hybridized carbons (Fsp3) is 0.250. The second kappa shape index (κ2) is 7.96. The smallest absolute Gasteiger partial charge is 0.419 e. The quantitative estimate of drug-likeness (QED) is 0.802. The monoisotopic (exact) mass is 355 g/mol. The van der Waals surface area contributed by atoms with Crippen molar-refractivity contribution >= 4 is 23.1 Å². The van der Waals surface area contributed by atoms with E-state index in [1.807, 2.05) is 24.3 Å². The third-order valence-electron chi connectivity index (χ3n) is 3.18. The van der Waals surface area contributed by atoms with Crippen LogP contribution in [0.2, 0.25) is 0 Å². The fourth-order valence-corrected chi connectivity index (χ4v) is 2.23. The molecule has 0 amide bonds. The minimum atomic E-state index is -4.49. The average molecular weight is 355 g/mol. The number of hydrogen-bond acceptors (Lipinski definition) is 3. The van der Waals surface area contributed by atoms with Crippen LogP contribution in [0.25, 0.3) is 0 Å². The minimum absolute atomic E-state index is 0.0853. The van der Waals surface area contributed by atoms with Crippen LogP contribution in [0.4, 0.5) is 19.0 Å². The highest BCUT2D eigenvalue weighted by Crippen LogP contribution is 2.33. The number of nitrogens with one attached hydrogen (secondary N) is 2. The third kappa shape index (κ3) is 5.09. The average Bonchev–Trinajstić information content (AvgIpc) is 2.54. The molecule has 0 atom stereocenters. The number of anilines is 1. The molecule has 0 saturated carbocycles. The van der Waals surface area contributed by atoms with Gasteiger partial charge in [0.05, 0.1) is 12.7 Å². The SMILES string of the molecule is COc1cccc(CCNC(=S)Nc2ncccc2C(F)(F)F)c1. The van der Waals surface area contributed by atoms with Gasteiger partial charge in [-0.2, -0.15) is 13.2 Å². The van der Waals surface area contributed by atoms with Gasteiger partial charge in [-0.25, -0.2) is 4.98 Å². The Morgan fingerprint density at radius 2 is 2.04 bits per heavy atom. The molecule has 0 fully saturated rings. The first-order chi connectivity index (χ1) is 11.4. The van der Waals surface area contributed by atoms with Crippen molar-refractivity contribution in [3.05, 3.63) is 53.7 Å². The fourth-order valence-electron chi connectivity index (χ4n) is 2.03. The Morgan fingerprint density at radius 1 is 1.25 bits per heavy atom. The maximum absolute atomic E-state index is 12.9. The van der Waals surface area contributed by atoms with E-state index in [1.54, 1.807) is 7.11 Å². The molecule has 0 aliphatic rings. The molecule has 0 unspecified atom stereocenters. The third-order valence-corrected chi connectivity index (χ3v) is 3.42. The zero-order valence-corrected chi connectivity index (χ0v) is 13.7. The molecule has 24 heavy (non-hydrogen) atoms. The highest BCUT2D eigenvalue weighted by Gasteiger charge is 2.34. The van der Waals surface area contributed by atoms with Crippen LogP contribution in [0.3, 0.4) is 0 Å². The normalized spacial score (nSPS) is 11.0. The van der Waals surface area contributed by atoms with Gasteiger partial charge in [0.25, 0.3) is 0 Å². The lowest BCUT2D eigenvalue weighted by molar-refractivity contribution is -0.137. The molecular formula is C16H16F3N3OS. The van der Waals surface area contributed by atoms with Crippen LogP contribution in [0, 0.1) is 0 Å². The van der Waals surface area contributed by atoms with Crippen LogP contribution >= 0.6 is 12.2 Å². The second-order valence-corrected chi connectivity index (χ2v) is 5.29. The second-order valence-electron chi connectivity index (χ2n) is 4.88. The van der Waals surface area contributed by atoms with Gasteiger partial charge < -0.3 is 15.4 Å². The predicted octanol–water partition coefficient (Wildman–Crippen LogP) is 3.64. The summed E-state index contributed by atoms with van der Waals surface area (Å²) in [5, 5.41) is 5.44. The van der Waals surface area contributed by atoms with Crippen LogP contribution in [0.15, 0.2) is 42.6 Å². The molecule has 0 aliphatic carbocycles. The van der Waals surface area contributed by atoms with Crippen LogP contribution in [-0.4, -0.2) is 23.8 Å². The topological polar surface area (TPSA) is 46.2 Å². The predicted molar refractivity (Wildman–Crippen MR) is 90.2 cm³/mol. The number of halogens is 3. The number of thiocarbonyl (C=S) groups is 1. The number of benzene rings is 1. The number of aromatic nitrogens is 1. The van der Waals surface area contributed by atoms with E-state index in [-0.39, 0.29) is 10.9 Å². The van der Waals surface area contributed by atoms with Gasteiger partial charge in [-0.3, -0.25) is 0 Å². The largest absolute Gasteiger partial charge is 0.497 e. The summed E-state index contributed by atoms with van der Waals surface area (Å²) < 4.78 is 43.8. The maximum atomic E-state index is 12.9. The van der Waals surface area contributed by atoms with Crippen LogP contribution in [-0.2, 0) is 12.6 Å². The molecule has 0 radical (unpaired) electrons. The van der Waals surface area contributed by atoms with Gasteiger partial charge in [-0.1, -0.05) is 12.1 Å². The Bertz CT molecular complexity index is 707. The highest BCUT2D eigenvalue weighted by molar-refractivity contribution is 7.80. The molecule has 8 heteroatoms. The molecule has 4 nitrogen and oxygen atoms in total. The van der Waals surface area contributed by atoms with E-state index in [0.29, 0.717) is 13.0 Å². The van der Waals surface area contributed by atoms with Gasteiger partial charge in [0.15, 0.2) is 5.11 Å². The van der Waals surface area contributed by atoms with Crippen LogP contribution < -0.4 is 15.4 Å². The minimum Gasteiger partial charge on any atom is -0.497 e. The first-order valence-electron chi connectivity index (χ1n) is 7.10. The molecule has 0 saturated heterocycles. The first-order valence-corrected chi connectivity index (χ1v) is 7.51. The van der Waals surface area contributed by atoms with Crippen molar-refractivity contribution in [3.8, 4) is 5.75 Å². The Hall–Kier alpha value is -2.35.